The van der Waals surface area contributed by atoms with E-state index in [2.05, 4.69) is 24.9 Å². The first-order chi connectivity index (χ1) is 18.2. The fraction of sp³-hybridized carbons (Fsp3) is 0.185. The maximum Gasteiger partial charge on any atom is 0.237 e. The van der Waals surface area contributed by atoms with E-state index in [1.165, 1.54) is 0 Å². The minimum absolute atomic E-state index is 0.0980. The van der Waals surface area contributed by atoms with Crippen molar-refractivity contribution in [3.63, 3.8) is 0 Å². The first-order valence-electron chi connectivity index (χ1n) is 11.8. The molecule has 2 heterocycles. The van der Waals surface area contributed by atoms with Gasteiger partial charge in [0, 0.05) is 73.1 Å². The van der Waals surface area contributed by atoms with Crippen molar-refractivity contribution in [1.29, 1.82) is 0 Å². The van der Waals surface area contributed by atoms with Crippen LogP contribution in [0.15, 0.2) is 70.9 Å². The van der Waals surface area contributed by atoms with Gasteiger partial charge in [-0.05, 0) is 74.0 Å². The molecule has 0 bridgehead atoms. The van der Waals surface area contributed by atoms with Crippen molar-refractivity contribution in [3.8, 4) is 0 Å². The number of nitrogen functional groups attached to an aromatic ring is 2. The molecular weight excluding hydrogens is 500 g/mol. The molecule has 4 rings (SSSR count). The van der Waals surface area contributed by atoms with E-state index in [-0.39, 0.29) is 5.28 Å². The molecule has 11 heteroatoms. The van der Waals surface area contributed by atoms with Crippen LogP contribution in [0.4, 0.5) is 40.3 Å². The topological polar surface area (TPSA) is 135 Å². The van der Waals surface area contributed by atoms with Gasteiger partial charge < -0.3 is 16.4 Å². The van der Waals surface area contributed by atoms with Gasteiger partial charge in [0.15, 0.2) is 0 Å². The van der Waals surface area contributed by atoms with E-state index in [1.54, 1.807) is 37.5 Å². The molecule has 4 N–H and O–H groups in total. The van der Waals surface area contributed by atoms with Crippen LogP contribution in [0.25, 0.3) is 0 Å². The predicted octanol–water partition coefficient (Wildman–Crippen LogP) is 5.20. The number of nitrogens with two attached hydrogens (primary N) is 2. The maximum absolute atomic E-state index is 6.40. The molecule has 10 nitrogen and oxygen atoms in total. The fourth-order valence-electron chi connectivity index (χ4n) is 3.91. The second-order valence-corrected chi connectivity index (χ2v) is 8.79. The van der Waals surface area contributed by atoms with Gasteiger partial charge in [-0.1, -0.05) is 0 Å². The summed E-state index contributed by atoms with van der Waals surface area (Å²) in [5, 5.41) is 0.0980. The molecule has 0 saturated carbocycles. The second-order valence-electron chi connectivity index (χ2n) is 8.45. The van der Waals surface area contributed by atoms with Crippen molar-refractivity contribution in [1.82, 2.24) is 19.9 Å². The number of aromatic nitrogens is 4. The van der Waals surface area contributed by atoms with Crippen LogP contribution in [-0.2, 0) is 0 Å². The molecule has 0 amide bonds. The van der Waals surface area contributed by atoms with Crippen molar-refractivity contribution in [2.75, 3.05) is 42.4 Å². The number of benzene rings is 2. The lowest BCUT2D eigenvalue weighted by atomic mass is 10.1. The highest BCUT2D eigenvalue weighted by atomic mass is 35.5. The summed E-state index contributed by atoms with van der Waals surface area (Å²) in [7, 11) is 5.38. The Morgan fingerprint density at radius 1 is 0.763 bits per heavy atom. The fourth-order valence-corrected chi connectivity index (χ4v) is 4.06. The summed E-state index contributed by atoms with van der Waals surface area (Å²) in [5.74, 6) is 1.50. The third-order valence-electron chi connectivity index (χ3n) is 6.18. The Kier molecular flexibility index (Phi) is 7.82. The van der Waals surface area contributed by atoms with Crippen LogP contribution in [0.3, 0.4) is 0 Å². The van der Waals surface area contributed by atoms with E-state index in [1.807, 2.05) is 68.3 Å². The van der Waals surface area contributed by atoms with Crippen LogP contribution in [0, 0.1) is 0 Å². The van der Waals surface area contributed by atoms with Crippen LogP contribution in [0.1, 0.15) is 25.0 Å². The van der Waals surface area contributed by atoms with Crippen molar-refractivity contribution < 1.29 is 0 Å². The molecule has 2 aromatic heterocycles. The second kappa shape index (κ2) is 11.2. The first-order valence-corrected chi connectivity index (χ1v) is 12.1. The van der Waals surface area contributed by atoms with Gasteiger partial charge in [-0.15, -0.1) is 0 Å². The average molecular weight is 529 g/mol. The number of nitrogens with zero attached hydrogens (tertiary/aromatic N) is 8. The number of hydrogen-bond donors (Lipinski definition) is 2. The van der Waals surface area contributed by atoms with Gasteiger partial charge in [0.05, 0.1) is 5.69 Å². The predicted molar refractivity (Wildman–Crippen MR) is 157 cm³/mol. The minimum Gasteiger partial charge on any atom is -0.398 e. The van der Waals surface area contributed by atoms with Crippen LogP contribution in [0.2, 0.25) is 5.28 Å². The zero-order valence-corrected chi connectivity index (χ0v) is 22.6. The Balaban J connectivity index is 1.79. The summed E-state index contributed by atoms with van der Waals surface area (Å²) in [6, 6.07) is 15.0. The zero-order valence-electron chi connectivity index (χ0n) is 21.9. The van der Waals surface area contributed by atoms with Crippen LogP contribution < -0.4 is 21.3 Å². The quantitative estimate of drug-likeness (QED) is 0.190. The smallest absolute Gasteiger partial charge is 0.237 e. The molecule has 194 valence electrons. The van der Waals surface area contributed by atoms with E-state index in [9.17, 15) is 0 Å². The Bertz CT molecular complexity index is 1530. The van der Waals surface area contributed by atoms with Gasteiger partial charge in [0.2, 0.25) is 11.2 Å². The molecule has 0 aliphatic heterocycles. The normalized spacial score (nSPS) is 11.9. The van der Waals surface area contributed by atoms with Gasteiger partial charge in [-0.25, -0.2) is 9.97 Å². The number of aliphatic imine (C=N–C) groups is 2. The first kappa shape index (κ1) is 26.5. The van der Waals surface area contributed by atoms with Crippen molar-refractivity contribution in [3.05, 3.63) is 77.3 Å². The van der Waals surface area contributed by atoms with Gasteiger partial charge in [0.25, 0.3) is 0 Å². The van der Waals surface area contributed by atoms with E-state index >= 15 is 0 Å². The van der Waals surface area contributed by atoms with Crippen LogP contribution in [-0.4, -0.2) is 52.5 Å². The lowest BCUT2D eigenvalue weighted by molar-refractivity contribution is 1.01. The highest BCUT2D eigenvalue weighted by Crippen LogP contribution is 2.35. The number of halogens is 1. The SMILES string of the molecule is CN=C(C)c1ccc(N(C)c2ccnc(N(c3ccc(C(C)=NC)c(N)c3)c3ccnc(Cl)n3)n2)cc1N. The van der Waals surface area contributed by atoms with Crippen molar-refractivity contribution in [2.45, 2.75) is 13.8 Å². The third kappa shape index (κ3) is 5.40. The molecule has 0 atom stereocenters. The van der Waals surface area contributed by atoms with Crippen molar-refractivity contribution in [2.24, 2.45) is 9.98 Å². The zero-order chi connectivity index (χ0) is 27.4. The Morgan fingerprint density at radius 2 is 1.32 bits per heavy atom. The van der Waals surface area contributed by atoms with E-state index in [4.69, 9.17) is 28.1 Å². The molecule has 0 unspecified atom stereocenters. The van der Waals surface area contributed by atoms with Gasteiger partial charge >= 0.3 is 0 Å². The number of rotatable bonds is 7. The number of hydrogen-bond acceptors (Lipinski definition) is 10. The molecule has 0 fully saturated rings. The molecule has 0 spiro atoms. The monoisotopic (exact) mass is 528 g/mol. The minimum atomic E-state index is 0.0980. The van der Waals surface area contributed by atoms with Gasteiger partial charge in [-0.3, -0.25) is 14.9 Å². The Hall–Kier alpha value is -4.57. The molecule has 0 aliphatic rings. The molecule has 38 heavy (non-hydrogen) atoms. The highest BCUT2D eigenvalue weighted by Gasteiger charge is 2.20. The molecule has 0 aliphatic carbocycles. The molecule has 0 saturated heterocycles. The summed E-state index contributed by atoms with van der Waals surface area (Å²) >= 11 is 6.14. The molecule has 2 aromatic carbocycles. The Morgan fingerprint density at radius 3 is 1.89 bits per heavy atom. The van der Waals surface area contributed by atoms with Crippen molar-refractivity contribution >= 4 is 63.4 Å². The summed E-state index contributed by atoms with van der Waals surface area (Å²) < 4.78 is 0. The van der Waals surface area contributed by atoms with E-state index < -0.39 is 0 Å². The number of anilines is 7. The summed E-state index contributed by atoms with van der Waals surface area (Å²) in [6.07, 6.45) is 3.26. The lowest BCUT2D eigenvalue weighted by Crippen LogP contribution is -2.18. The van der Waals surface area contributed by atoms with Crippen LogP contribution >= 0.6 is 11.6 Å². The maximum atomic E-state index is 6.40. The van der Waals surface area contributed by atoms with Crippen LogP contribution in [0.5, 0.6) is 0 Å². The highest BCUT2D eigenvalue weighted by molar-refractivity contribution is 6.28. The van der Waals surface area contributed by atoms with Gasteiger partial charge in [-0.2, -0.15) is 9.97 Å². The summed E-state index contributed by atoms with van der Waals surface area (Å²) in [6.45, 7) is 3.83. The largest absolute Gasteiger partial charge is 0.398 e. The molecular formula is C27H29ClN10. The lowest BCUT2D eigenvalue weighted by Gasteiger charge is -2.25. The Labute approximate surface area is 226 Å². The van der Waals surface area contributed by atoms with E-state index in [0.29, 0.717) is 34.6 Å². The summed E-state index contributed by atoms with van der Waals surface area (Å²) in [5.41, 5.74) is 18.9. The average Bonchev–Trinajstić information content (AvgIpc) is 2.92. The molecule has 0 radical (unpaired) electrons. The standard InChI is InChI=1S/C27H29ClN10/c1-16(31-3)20-8-6-18(14-22(20)29)37(5)24-10-13-34-27(36-24)38(25-11-12-33-26(28)35-25)19-7-9-21(17(2)32-4)23(30)15-19/h6-15H,29-30H2,1-5H3. The van der Waals surface area contributed by atoms with Gasteiger partial charge in [0.1, 0.15) is 11.6 Å². The third-order valence-corrected chi connectivity index (χ3v) is 6.36. The summed E-state index contributed by atoms with van der Waals surface area (Å²) in [4.78, 5) is 30.0. The molecule has 4 aromatic rings. The van der Waals surface area contributed by atoms with E-state index in [0.717, 1.165) is 28.2 Å².